The highest BCUT2D eigenvalue weighted by Gasteiger charge is 2.21. The number of imidazole rings is 1. The molecule has 1 aliphatic rings. The van der Waals surface area contributed by atoms with Gasteiger partial charge in [0.1, 0.15) is 5.60 Å². The molecule has 0 saturated heterocycles. The molecule has 106 valence electrons. The van der Waals surface area contributed by atoms with Crippen molar-refractivity contribution in [3.8, 4) is 0 Å². The number of aryl methyl sites for hydroxylation is 1. The number of nitrogens with zero attached hydrogens (tertiary/aromatic N) is 2. The molecule has 1 amide bonds. The Morgan fingerprint density at radius 1 is 1.53 bits per heavy atom. The molecule has 0 aromatic carbocycles. The van der Waals surface area contributed by atoms with Gasteiger partial charge in [0.2, 0.25) is 0 Å². The van der Waals surface area contributed by atoms with Crippen molar-refractivity contribution in [2.45, 2.75) is 58.7 Å². The molecular formula is C14H23N3O2. The van der Waals surface area contributed by atoms with E-state index in [9.17, 15) is 4.79 Å². The van der Waals surface area contributed by atoms with Gasteiger partial charge >= 0.3 is 6.09 Å². The van der Waals surface area contributed by atoms with Crippen molar-refractivity contribution in [1.29, 1.82) is 0 Å². The molecule has 0 radical (unpaired) electrons. The van der Waals surface area contributed by atoms with Crippen LogP contribution in [-0.4, -0.2) is 21.2 Å². The summed E-state index contributed by atoms with van der Waals surface area (Å²) in [5, 5.41) is 2.76. The van der Waals surface area contributed by atoms with E-state index in [0.29, 0.717) is 6.54 Å². The molecule has 1 fully saturated rings. The normalized spacial score (nSPS) is 15.3. The highest BCUT2D eigenvalue weighted by molar-refractivity contribution is 5.67. The summed E-state index contributed by atoms with van der Waals surface area (Å²) >= 11 is 0. The Kier molecular flexibility index (Phi) is 4.12. The third-order valence-corrected chi connectivity index (χ3v) is 3.09. The zero-order chi connectivity index (χ0) is 13.9. The minimum atomic E-state index is -0.462. The van der Waals surface area contributed by atoms with E-state index in [0.717, 1.165) is 18.2 Å². The number of hydrogen-bond acceptors (Lipinski definition) is 3. The Hall–Kier alpha value is -1.52. The second kappa shape index (κ2) is 5.63. The van der Waals surface area contributed by atoms with Crippen LogP contribution >= 0.6 is 0 Å². The van der Waals surface area contributed by atoms with Crippen molar-refractivity contribution in [3.05, 3.63) is 18.2 Å². The maximum absolute atomic E-state index is 11.6. The molecule has 1 heterocycles. The molecule has 1 aliphatic carbocycles. The Morgan fingerprint density at radius 2 is 2.26 bits per heavy atom. The number of rotatable bonds is 5. The first-order valence-corrected chi connectivity index (χ1v) is 6.90. The number of hydrogen-bond donors (Lipinski definition) is 1. The number of nitrogens with one attached hydrogen (secondary N) is 1. The molecule has 1 aromatic heterocycles. The van der Waals surface area contributed by atoms with Crippen LogP contribution in [0.25, 0.3) is 0 Å². The van der Waals surface area contributed by atoms with E-state index in [1.807, 2.05) is 27.1 Å². The molecule has 19 heavy (non-hydrogen) atoms. The van der Waals surface area contributed by atoms with E-state index in [-0.39, 0.29) is 6.09 Å². The summed E-state index contributed by atoms with van der Waals surface area (Å²) in [6.07, 6.45) is 7.16. The lowest BCUT2D eigenvalue weighted by Gasteiger charge is -2.19. The van der Waals surface area contributed by atoms with Gasteiger partial charge in [0.25, 0.3) is 0 Å². The number of carbonyl (C=O) groups excluding carboxylic acids is 1. The van der Waals surface area contributed by atoms with Crippen LogP contribution < -0.4 is 5.32 Å². The largest absolute Gasteiger partial charge is 0.444 e. The van der Waals surface area contributed by atoms with Gasteiger partial charge in [0.05, 0.1) is 18.6 Å². The molecule has 2 rings (SSSR count). The number of carbonyl (C=O) groups is 1. The topological polar surface area (TPSA) is 56.1 Å². The number of aromatic nitrogens is 2. The summed E-state index contributed by atoms with van der Waals surface area (Å²) in [5.41, 5.74) is 0.558. The predicted molar refractivity (Wildman–Crippen MR) is 72.6 cm³/mol. The Labute approximate surface area is 114 Å². The molecule has 0 unspecified atom stereocenters. The standard InChI is InChI=1S/C14H23N3O2/c1-14(2,3)19-13(18)16-9-12-8-15-10-17(12)7-6-11-4-5-11/h8,10-11H,4-7,9H2,1-3H3,(H,16,18). The minimum Gasteiger partial charge on any atom is -0.444 e. The van der Waals surface area contributed by atoms with Crippen LogP contribution in [0.4, 0.5) is 4.79 Å². The number of ether oxygens (including phenoxy) is 1. The van der Waals surface area contributed by atoms with E-state index in [2.05, 4.69) is 14.9 Å². The molecule has 0 bridgehead atoms. The summed E-state index contributed by atoms with van der Waals surface area (Å²) in [5.74, 6) is 0.897. The lowest BCUT2D eigenvalue weighted by atomic mass is 10.2. The monoisotopic (exact) mass is 265 g/mol. The maximum Gasteiger partial charge on any atom is 0.407 e. The van der Waals surface area contributed by atoms with E-state index in [1.165, 1.54) is 19.3 Å². The summed E-state index contributed by atoms with van der Waals surface area (Å²) in [6.45, 7) is 7.00. The first kappa shape index (κ1) is 13.9. The lowest BCUT2D eigenvalue weighted by molar-refractivity contribution is 0.0522. The fraction of sp³-hybridized carbons (Fsp3) is 0.714. The lowest BCUT2D eigenvalue weighted by Crippen LogP contribution is -2.32. The second-order valence-electron chi connectivity index (χ2n) is 6.17. The van der Waals surface area contributed by atoms with Gasteiger partial charge in [-0.25, -0.2) is 9.78 Å². The van der Waals surface area contributed by atoms with Crippen molar-refractivity contribution < 1.29 is 9.53 Å². The van der Waals surface area contributed by atoms with Crippen molar-refractivity contribution in [3.63, 3.8) is 0 Å². The van der Waals surface area contributed by atoms with Crippen LogP contribution in [-0.2, 0) is 17.8 Å². The summed E-state index contributed by atoms with van der Waals surface area (Å²) in [7, 11) is 0. The van der Waals surface area contributed by atoms with Crippen molar-refractivity contribution in [1.82, 2.24) is 14.9 Å². The Morgan fingerprint density at radius 3 is 2.89 bits per heavy atom. The van der Waals surface area contributed by atoms with Gasteiger partial charge in [-0.1, -0.05) is 12.8 Å². The average molecular weight is 265 g/mol. The first-order valence-electron chi connectivity index (χ1n) is 6.90. The van der Waals surface area contributed by atoms with Crippen LogP contribution in [0, 0.1) is 5.92 Å². The Balaban J connectivity index is 1.78. The molecule has 1 saturated carbocycles. The van der Waals surface area contributed by atoms with Gasteiger partial charge in [-0.2, -0.15) is 0 Å². The van der Waals surface area contributed by atoms with Crippen molar-refractivity contribution in [2.24, 2.45) is 5.92 Å². The Bertz CT molecular complexity index is 430. The molecule has 0 aliphatic heterocycles. The van der Waals surface area contributed by atoms with Gasteiger partial charge in [-0.3, -0.25) is 0 Å². The van der Waals surface area contributed by atoms with Gasteiger partial charge in [0.15, 0.2) is 0 Å². The second-order valence-corrected chi connectivity index (χ2v) is 6.17. The van der Waals surface area contributed by atoms with Crippen LogP contribution in [0.3, 0.4) is 0 Å². The predicted octanol–water partition coefficient (Wildman–Crippen LogP) is 2.71. The van der Waals surface area contributed by atoms with E-state index in [1.54, 1.807) is 6.20 Å². The molecule has 5 nitrogen and oxygen atoms in total. The molecule has 0 atom stereocenters. The minimum absolute atomic E-state index is 0.387. The summed E-state index contributed by atoms with van der Waals surface area (Å²) < 4.78 is 7.31. The molecule has 5 heteroatoms. The maximum atomic E-state index is 11.6. The van der Waals surface area contributed by atoms with Crippen LogP contribution in [0.5, 0.6) is 0 Å². The molecule has 0 spiro atoms. The third-order valence-electron chi connectivity index (χ3n) is 3.09. The van der Waals surface area contributed by atoms with Crippen molar-refractivity contribution in [2.75, 3.05) is 0 Å². The van der Waals surface area contributed by atoms with Crippen LogP contribution in [0.1, 0.15) is 45.7 Å². The fourth-order valence-electron chi connectivity index (χ4n) is 1.90. The third kappa shape index (κ3) is 4.93. The molecular weight excluding hydrogens is 242 g/mol. The zero-order valence-corrected chi connectivity index (χ0v) is 12.0. The average Bonchev–Trinajstić information content (AvgIpc) is 3.01. The summed E-state index contributed by atoms with van der Waals surface area (Å²) in [4.78, 5) is 15.7. The zero-order valence-electron chi connectivity index (χ0n) is 12.0. The number of amides is 1. The van der Waals surface area contributed by atoms with Gasteiger partial charge in [-0.15, -0.1) is 0 Å². The van der Waals surface area contributed by atoms with Crippen LogP contribution in [0.15, 0.2) is 12.5 Å². The highest BCUT2D eigenvalue weighted by atomic mass is 16.6. The van der Waals surface area contributed by atoms with Crippen LogP contribution in [0.2, 0.25) is 0 Å². The smallest absolute Gasteiger partial charge is 0.407 e. The van der Waals surface area contributed by atoms with Gasteiger partial charge < -0.3 is 14.6 Å². The van der Waals surface area contributed by atoms with E-state index >= 15 is 0 Å². The van der Waals surface area contributed by atoms with Gasteiger partial charge in [0, 0.05) is 12.7 Å². The van der Waals surface area contributed by atoms with Gasteiger partial charge in [-0.05, 0) is 33.1 Å². The van der Waals surface area contributed by atoms with Crippen molar-refractivity contribution >= 4 is 6.09 Å². The molecule has 1 aromatic rings. The number of alkyl carbamates (subject to hydrolysis) is 1. The SMILES string of the molecule is CC(C)(C)OC(=O)NCc1cncn1CCC1CC1. The first-order chi connectivity index (χ1) is 8.94. The fourth-order valence-corrected chi connectivity index (χ4v) is 1.90. The quantitative estimate of drug-likeness (QED) is 0.890. The summed E-state index contributed by atoms with van der Waals surface area (Å²) in [6, 6.07) is 0. The van der Waals surface area contributed by atoms with E-state index in [4.69, 9.17) is 4.74 Å². The van der Waals surface area contributed by atoms with E-state index < -0.39 is 5.60 Å². The molecule has 1 N–H and O–H groups in total. The highest BCUT2D eigenvalue weighted by Crippen LogP contribution is 2.32.